The first-order valence-corrected chi connectivity index (χ1v) is 9.93. The van der Waals surface area contributed by atoms with Crippen molar-refractivity contribution >= 4 is 26.9 Å². The Labute approximate surface area is 126 Å². The van der Waals surface area contributed by atoms with Crippen LogP contribution in [0.2, 0.25) is 0 Å². The zero-order valence-electron chi connectivity index (χ0n) is 12.0. The fourth-order valence-electron chi connectivity index (χ4n) is 2.39. The van der Waals surface area contributed by atoms with E-state index in [0.29, 0.717) is 25.3 Å². The van der Waals surface area contributed by atoms with Gasteiger partial charge in [-0.25, -0.2) is 13.1 Å². The predicted octanol–water partition coefficient (Wildman–Crippen LogP) is 1.63. The molecule has 1 aliphatic carbocycles. The summed E-state index contributed by atoms with van der Waals surface area (Å²) >= 11 is 1.15. The number of thioether (sulfide) groups is 1. The SMILES string of the molecule is NCCC(=O)SCCNS(=O)(=O)C1CCCCCCC1. The van der Waals surface area contributed by atoms with Crippen molar-refractivity contribution in [1.29, 1.82) is 0 Å². The molecule has 1 fully saturated rings. The molecular formula is C13H26N2O3S2. The Morgan fingerprint density at radius 3 is 2.35 bits per heavy atom. The lowest BCUT2D eigenvalue weighted by Crippen LogP contribution is -2.36. The molecule has 1 aliphatic rings. The first-order chi connectivity index (χ1) is 9.56. The maximum Gasteiger partial charge on any atom is 0.214 e. The number of hydrogen-bond acceptors (Lipinski definition) is 5. The molecule has 1 rings (SSSR count). The molecule has 3 N–H and O–H groups in total. The zero-order chi connectivity index (χ0) is 14.8. The Balaban J connectivity index is 2.30. The highest BCUT2D eigenvalue weighted by molar-refractivity contribution is 8.13. The average molecular weight is 322 g/mol. The molecule has 0 unspecified atom stereocenters. The van der Waals surface area contributed by atoms with E-state index in [4.69, 9.17) is 5.73 Å². The standard InChI is InChI=1S/C13H26N2O3S2/c14-9-8-13(16)19-11-10-15-20(17,18)12-6-4-2-1-3-5-7-12/h12,15H,1-11,14H2. The van der Waals surface area contributed by atoms with E-state index in [0.717, 1.165) is 50.3 Å². The first-order valence-electron chi connectivity index (χ1n) is 7.40. The third-order valence-electron chi connectivity index (χ3n) is 3.51. The quantitative estimate of drug-likeness (QED) is 0.695. The van der Waals surface area contributed by atoms with Crippen molar-refractivity contribution in [3.05, 3.63) is 0 Å². The van der Waals surface area contributed by atoms with Gasteiger partial charge in [0.1, 0.15) is 0 Å². The van der Waals surface area contributed by atoms with E-state index >= 15 is 0 Å². The third kappa shape index (κ3) is 7.06. The van der Waals surface area contributed by atoms with Crippen LogP contribution in [-0.2, 0) is 14.8 Å². The van der Waals surface area contributed by atoms with Crippen LogP contribution in [0.15, 0.2) is 0 Å². The lowest BCUT2D eigenvalue weighted by atomic mass is 10.0. The average Bonchev–Trinajstić information content (AvgIpc) is 2.34. The van der Waals surface area contributed by atoms with Crippen molar-refractivity contribution in [3.8, 4) is 0 Å². The van der Waals surface area contributed by atoms with Crippen LogP contribution in [0.1, 0.15) is 51.4 Å². The second-order valence-electron chi connectivity index (χ2n) is 5.17. The molecule has 1 saturated carbocycles. The highest BCUT2D eigenvalue weighted by Crippen LogP contribution is 2.21. The number of carbonyl (C=O) groups is 1. The van der Waals surface area contributed by atoms with Crippen LogP contribution in [0.4, 0.5) is 0 Å². The molecule has 20 heavy (non-hydrogen) atoms. The molecule has 0 aromatic heterocycles. The van der Waals surface area contributed by atoms with Crippen molar-refractivity contribution in [1.82, 2.24) is 4.72 Å². The van der Waals surface area contributed by atoms with Gasteiger partial charge in [0.2, 0.25) is 10.0 Å². The molecule has 0 saturated heterocycles. The minimum absolute atomic E-state index is 0.0256. The maximum absolute atomic E-state index is 12.2. The van der Waals surface area contributed by atoms with E-state index in [9.17, 15) is 13.2 Å². The van der Waals surface area contributed by atoms with Gasteiger partial charge in [0.15, 0.2) is 5.12 Å². The van der Waals surface area contributed by atoms with Gasteiger partial charge < -0.3 is 5.73 Å². The molecule has 0 aromatic carbocycles. The van der Waals surface area contributed by atoms with E-state index in [1.807, 2.05) is 0 Å². The van der Waals surface area contributed by atoms with Gasteiger partial charge in [-0.3, -0.25) is 4.79 Å². The summed E-state index contributed by atoms with van der Waals surface area (Å²) < 4.78 is 27.0. The van der Waals surface area contributed by atoms with Crippen LogP contribution < -0.4 is 10.5 Å². The monoisotopic (exact) mass is 322 g/mol. The van der Waals surface area contributed by atoms with Crippen LogP contribution in [0.25, 0.3) is 0 Å². The molecule has 0 amide bonds. The van der Waals surface area contributed by atoms with E-state index in [1.165, 1.54) is 6.42 Å². The lowest BCUT2D eigenvalue weighted by molar-refractivity contribution is -0.110. The summed E-state index contributed by atoms with van der Waals surface area (Å²) in [5, 5.41) is -0.231. The Bertz CT molecular complexity index is 377. The summed E-state index contributed by atoms with van der Waals surface area (Å²) in [4.78, 5) is 11.3. The van der Waals surface area contributed by atoms with Gasteiger partial charge in [-0.15, -0.1) is 0 Å². The van der Waals surface area contributed by atoms with Crippen LogP contribution in [0, 0.1) is 0 Å². The molecule has 0 aromatic rings. The largest absolute Gasteiger partial charge is 0.330 e. The second kappa shape index (κ2) is 9.76. The summed E-state index contributed by atoms with van der Waals surface area (Å²) in [6.07, 6.45) is 7.35. The van der Waals surface area contributed by atoms with Crippen molar-refractivity contribution in [2.75, 3.05) is 18.8 Å². The van der Waals surface area contributed by atoms with Gasteiger partial charge in [0.05, 0.1) is 5.25 Å². The Morgan fingerprint density at radius 2 is 1.75 bits per heavy atom. The van der Waals surface area contributed by atoms with Gasteiger partial charge in [-0.1, -0.05) is 43.9 Å². The summed E-state index contributed by atoms with van der Waals surface area (Å²) in [7, 11) is -3.23. The molecule has 5 nitrogen and oxygen atoms in total. The fourth-order valence-corrected chi connectivity index (χ4v) is 4.79. The Hall–Kier alpha value is -0.110. The number of rotatable bonds is 7. The fraction of sp³-hybridized carbons (Fsp3) is 0.923. The molecule has 118 valence electrons. The van der Waals surface area contributed by atoms with E-state index in [-0.39, 0.29) is 10.4 Å². The first kappa shape index (κ1) is 17.9. The van der Waals surface area contributed by atoms with E-state index < -0.39 is 10.0 Å². The second-order valence-corrected chi connectivity index (χ2v) is 8.36. The molecule has 0 spiro atoms. The maximum atomic E-state index is 12.2. The zero-order valence-corrected chi connectivity index (χ0v) is 13.6. The minimum Gasteiger partial charge on any atom is -0.330 e. The number of nitrogens with two attached hydrogens (primary N) is 1. The summed E-state index contributed by atoms with van der Waals surface area (Å²) in [6.45, 7) is 0.666. The molecule has 0 aliphatic heterocycles. The normalized spacial score (nSPS) is 18.4. The summed E-state index contributed by atoms with van der Waals surface area (Å²) in [5.41, 5.74) is 5.28. The van der Waals surface area contributed by atoms with Gasteiger partial charge >= 0.3 is 0 Å². The van der Waals surface area contributed by atoms with E-state index in [1.54, 1.807) is 0 Å². The van der Waals surface area contributed by atoms with Crippen molar-refractivity contribution in [3.63, 3.8) is 0 Å². The molecule has 7 heteroatoms. The Morgan fingerprint density at radius 1 is 1.15 bits per heavy atom. The number of sulfonamides is 1. The van der Waals surface area contributed by atoms with Crippen LogP contribution in [-0.4, -0.2) is 37.6 Å². The van der Waals surface area contributed by atoms with Gasteiger partial charge in [0.25, 0.3) is 0 Å². The van der Waals surface area contributed by atoms with Crippen molar-refractivity contribution in [2.24, 2.45) is 5.73 Å². The van der Waals surface area contributed by atoms with Gasteiger partial charge in [-0.05, 0) is 12.8 Å². The molecule has 0 bridgehead atoms. The van der Waals surface area contributed by atoms with Crippen LogP contribution >= 0.6 is 11.8 Å². The smallest absolute Gasteiger partial charge is 0.214 e. The van der Waals surface area contributed by atoms with Crippen molar-refractivity contribution < 1.29 is 13.2 Å². The van der Waals surface area contributed by atoms with Crippen LogP contribution in [0.3, 0.4) is 0 Å². The number of nitrogens with one attached hydrogen (secondary N) is 1. The van der Waals surface area contributed by atoms with Gasteiger partial charge in [-0.2, -0.15) is 0 Å². The molecule has 0 heterocycles. The number of hydrogen-bond donors (Lipinski definition) is 2. The summed E-state index contributed by atoms with van der Waals surface area (Å²) in [6, 6.07) is 0. The van der Waals surface area contributed by atoms with Crippen LogP contribution in [0.5, 0.6) is 0 Å². The van der Waals surface area contributed by atoms with Gasteiger partial charge in [0, 0.05) is 25.3 Å². The highest BCUT2D eigenvalue weighted by Gasteiger charge is 2.25. The molecule has 0 radical (unpaired) electrons. The number of carbonyl (C=O) groups excluding carboxylic acids is 1. The molecule has 0 atom stereocenters. The van der Waals surface area contributed by atoms with Crippen molar-refractivity contribution in [2.45, 2.75) is 56.6 Å². The third-order valence-corrected chi connectivity index (χ3v) is 6.40. The Kier molecular flexibility index (Phi) is 8.75. The topological polar surface area (TPSA) is 89.3 Å². The minimum atomic E-state index is -3.23. The predicted molar refractivity (Wildman–Crippen MR) is 84.2 cm³/mol. The highest BCUT2D eigenvalue weighted by atomic mass is 32.2. The van der Waals surface area contributed by atoms with E-state index in [2.05, 4.69) is 4.72 Å². The molecular weight excluding hydrogens is 296 g/mol. The lowest BCUT2D eigenvalue weighted by Gasteiger charge is -2.20. The summed E-state index contributed by atoms with van der Waals surface area (Å²) in [5.74, 6) is 0.477.